The quantitative estimate of drug-likeness (QED) is 0.524. The Morgan fingerprint density at radius 1 is 1.50 bits per heavy atom. The molecule has 0 saturated carbocycles. The summed E-state index contributed by atoms with van der Waals surface area (Å²) in [5.41, 5.74) is 1.81. The second kappa shape index (κ2) is 3.59. The van der Waals surface area contributed by atoms with E-state index in [1.165, 1.54) is 5.57 Å². The van der Waals surface area contributed by atoms with Gasteiger partial charge in [-0.15, -0.1) is 0 Å². The predicted molar refractivity (Wildman–Crippen MR) is 50.9 cm³/mol. The third kappa shape index (κ3) is 3.38. The van der Waals surface area contributed by atoms with Gasteiger partial charge in [-0.25, -0.2) is 4.39 Å². The molecule has 1 rings (SSSR count). The topological polar surface area (TPSA) is 0 Å². The highest BCUT2D eigenvalue weighted by Gasteiger charge is 2.17. The van der Waals surface area contributed by atoms with Crippen molar-refractivity contribution in [1.82, 2.24) is 0 Å². The van der Waals surface area contributed by atoms with Crippen LogP contribution in [0.2, 0.25) is 0 Å². The van der Waals surface area contributed by atoms with Crippen molar-refractivity contribution in [1.29, 1.82) is 0 Å². The summed E-state index contributed by atoms with van der Waals surface area (Å²) >= 11 is 0. The average molecular weight is 170 g/mol. The maximum absolute atomic E-state index is 12.7. The molecule has 12 heavy (non-hydrogen) atoms. The highest BCUT2D eigenvalue weighted by Crippen LogP contribution is 2.30. The first-order chi connectivity index (χ1) is 5.47. The molecule has 0 aromatic heterocycles. The molecule has 0 radical (unpaired) electrons. The molecule has 0 heterocycles. The fraction of sp³-hybridized carbons (Fsp3) is 0.818. The van der Waals surface area contributed by atoms with Crippen LogP contribution in [0.25, 0.3) is 0 Å². The zero-order valence-electron chi connectivity index (χ0n) is 8.36. The van der Waals surface area contributed by atoms with Crippen LogP contribution >= 0.6 is 0 Å². The zero-order chi connectivity index (χ0) is 9.19. The summed E-state index contributed by atoms with van der Waals surface area (Å²) in [6, 6.07) is 0. The van der Waals surface area contributed by atoms with Gasteiger partial charge in [0.25, 0.3) is 0 Å². The van der Waals surface area contributed by atoms with E-state index in [9.17, 15) is 4.39 Å². The first-order valence-electron chi connectivity index (χ1n) is 4.79. The van der Waals surface area contributed by atoms with Crippen molar-refractivity contribution in [2.45, 2.75) is 52.6 Å². The Balaban J connectivity index is 2.44. The minimum absolute atomic E-state index is 0.356. The normalized spacial score (nSPS) is 25.3. The summed E-state index contributed by atoms with van der Waals surface area (Å²) in [5, 5.41) is 0. The monoisotopic (exact) mass is 170 g/mol. The van der Waals surface area contributed by atoms with Crippen molar-refractivity contribution in [3.63, 3.8) is 0 Å². The van der Waals surface area contributed by atoms with E-state index < -0.39 is 6.17 Å². The second-order valence-electron chi connectivity index (χ2n) is 4.97. The summed E-state index contributed by atoms with van der Waals surface area (Å²) in [5.74, 6) is 0. The fourth-order valence-electron chi connectivity index (χ4n) is 1.70. The zero-order valence-corrected chi connectivity index (χ0v) is 8.36. The summed E-state index contributed by atoms with van der Waals surface area (Å²) in [4.78, 5) is 0. The Morgan fingerprint density at radius 3 is 2.58 bits per heavy atom. The predicted octanol–water partition coefficient (Wildman–Crippen LogP) is 3.87. The smallest absolute Gasteiger partial charge is 0.104 e. The van der Waals surface area contributed by atoms with Crippen LogP contribution < -0.4 is 0 Å². The van der Waals surface area contributed by atoms with Gasteiger partial charge in [-0.1, -0.05) is 32.4 Å². The van der Waals surface area contributed by atoms with Crippen LogP contribution in [0.3, 0.4) is 0 Å². The molecule has 1 heteroatoms. The molecule has 0 nitrogen and oxygen atoms in total. The van der Waals surface area contributed by atoms with Crippen molar-refractivity contribution in [2.75, 3.05) is 0 Å². The summed E-state index contributed by atoms with van der Waals surface area (Å²) in [7, 11) is 0. The lowest BCUT2D eigenvalue weighted by atomic mass is 9.83. The van der Waals surface area contributed by atoms with Gasteiger partial charge in [0, 0.05) is 0 Å². The Hall–Kier alpha value is -0.330. The molecule has 1 atom stereocenters. The van der Waals surface area contributed by atoms with E-state index in [1.807, 2.05) is 0 Å². The molecular formula is C11H19F. The molecule has 0 fully saturated rings. The number of allylic oxidation sites excluding steroid dienone is 2. The highest BCUT2D eigenvalue weighted by molar-refractivity contribution is 5.08. The molecule has 0 unspecified atom stereocenters. The summed E-state index contributed by atoms with van der Waals surface area (Å²) < 4.78 is 12.7. The van der Waals surface area contributed by atoms with Gasteiger partial charge in [-0.2, -0.15) is 0 Å². The molecule has 1 aliphatic carbocycles. The molecule has 1 aliphatic rings. The molecule has 0 spiro atoms. The molecule has 0 bridgehead atoms. The van der Waals surface area contributed by atoms with Crippen molar-refractivity contribution in [3.05, 3.63) is 11.6 Å². The Bertz CT molecular complexity index is 174. The van der Waals surface area contributed by atoms with E-state index in [-0.39, 0.29) is 0 Å². The van der Waals surface area contributed by atoms with Crippen LogP contribution in [0.4, 0.5) is 4.39 Å². The van der Waals surface area contributed by atoms with Gasteiger partial charge in [0.15, 0.2) is 0 Å². The second-order valence-corrected chi connectivity index (χ2v) is 4.97. The maximum atomic E-state index is 12.7. The van der Waals surface area contributed by atoms with E-state index in [1.54, 1.807) is 0 Å². The Kier molecular flexibility index (Phi) is 2.92. The van der Waals surface area contributed by atoms with E-state index in [0.29, 0.717) is 11.8 Å². The standard InChI is InChI=1S/C11H19F/c1-11(2,3)8-9-4-6-10(12)7-5-9/h4,10H,5-8H2,1-3H3/t10-/m0/s1. The van der Waals surface area contributed by atoms with E-state index >= 15 is 0 Å². The molecule has 0 N–H and O–H groups in total. The van der Waals surface area contributed by atoms with E-state index in [2.05, 4.69) is 26.8 Å². The van der Waals surface area contributed by atoms with E-state index in [0.717, 1.165) is 19.3 Å². The minimum atomic E-state index is -0.575. The van der Waals surface area contributed by atoms with Gasteiger partial charge in [-0.05, 0) is 31.1 Å². The average Bonchev–Trinajstić information content (AvgIpc) is 1.91. The van der Waals surface area contributed by atoms with Gasteiger partial charge >= 0.3 is 0 Å². The lowest BCUT2D eigenvalue weighted by molar-refractivity contribution is 0.298. The van der Waals surface area contributed by atoms with Crippen molar-refractivity contribution in [3.8, 4) is 0 Å². The first-order valence-corrected chi connectivity index (χ1v) is 4.79. The number of halogens is 1. The number of rotatable bonds is 1. The SMILES string of the molecule is CC(C)(C)CC1=CC[C@H](F)CC1. The maximum Gasteiger partial charge on any atom is 0.104 e. The van der Waals surface area contributed by atoms with Crippen LogP contribution in [0, 0.1) is 5.41 Å². The van der Waals surface area contributed by atoms with Crippen molar-refractivity contribution < 1.29 is 4.39 Å². The third-order valence-electron chi connectivity index (χ3n) is 2.20. The largest absolute Gasteiger partial charge is 0.247 e. The molecule has 0 aromatic carbocycles. The minimum Gasteiger partial charge on any atom is -0.247 e. The third-order valence-corrected chi connectivity index (χ3v) is 2.20. The Morgan fingerprint density at radius 2 is 2.17 bits per heavy atom. The first kappa shape index (κ1) is 9.76. The number of alkyl halides is 1. The number of hydrogen-bond acceptors (Lipinski definition) is 0. The molecule has 0 saturated heterocycles. The Labute approximate surface area is 74.9 Å². The lowest BCUT2D eigenvalue weighted by Crippen LogP contribution is -2.11. The number of hydrogen-bond donors (Lipinski definition) is 0. The van der Waals surface area contributed by atoms with Gasteiger partial charge in [0.1, 0.15) is 6.17 Å². The lowest BCUT2D eigenvalue weighted by Gasteiger charge is -2.23. The molecule has 0 aliphatic heterocycles. The molecule has 0 aromatic rings. The highest BCUT2D eigenvalue weighted by atomic mass is 19.1. The van der Waals surface area contributed by atoms with Crippen molar-refractivity contribution >= 4 is 0 Å². The molecule has 70 valence electrons. The van der Waals surface area contributed by atoms with Crippen LogP contribution in [-0.4, -0.2) is 6.17 Å². The summed E-state index contributed by atoms with van der Waals surface area (Å²) in [6.45, 7) is 6.69. The van der Waals surface area contributed by atoms with Gasteiger partial charge < -0.3 is 0 Å². The molecular weight excluding hydrogens is 151 g/mol. The fourth-order valence-corrected chi connectivity index (χ4v) is 1.70. The van der Waals surface area contributed by atoms with E-state index in [4.69, 9.17) is 0 Å². The summed E-state index contributed by atoms with van der Waals surface area (Å²) in [6.07, 6.45) is 5.00. The van der Waals surface area contributed by atoms with Crippen molar-refractivity contribution in [2.24, 2.45) is 5.41 Å². The van der Waals surface area contributed by atoms with Gasteiger partial charge in [0.05, 0.1) is 0 Å². The van der Waals surface area contributed by atoms with Gasteiger partial charge in [0.2, 0.25) is 0 Å². The van der Waals surface area contributed by atoms with Crippen LogP contribution in [0.15, 0.2) is 11.6 Å². The van der Waals surface area contributed by atoms with Gasteiger partial charge in [-0.3, -0.25) is 0 Å². The van der Waals surface area contributed by atoms with Crippen LogP contribution in [0.5, 0.6) is 0 Å². The van der Waals surface area contributed by atoms with Crippen LogP contribution in [0.1, 0.15) is 46.5 Å². The van der Waals surface area contributed by atoms with Crippen LogP contribution in [-0.2, 0) is 0 Å². The molecule has 0 amide bonds.